The van der Waals surface area contributed by atoms with E-state index < -0.39 is 0 Å². The Kier molecular flexibility index (Phi) is 3.38. The molecular formula is C12H19NO. The number of hydrogen-bond acceptors (Lipinski definition) is 2. The Morgan fingerprint density at radius 3 is 2.86 bits per heavy atom. The molecule has 78 valence electrons. The monoisotopic (exact) mass is 193 g/mol. The van der Waals surface area contributed by atoms with Crippen LogP contribution in [0.2, 0.25) is 0 Å². The number of rotatable bonds is 2. The molecule has 1 aliphatic carbocycles. The second-order valence-corrected chi connectivity index (χ2v) is 4.22. The lowest BCUT2D eigenvalue weighted by Gasteiger charge is -2.26. The molecule has 0 spiro atoms. The molecule has 0 radical (unpaired) electrons. The first-order valence-corrected chi connectivity index (χ1v) is 5.58. The van der Waals surface area contributed by atoms with Gasteiger partial charge in [-0.3, -0.25) is 0 Å². The number of hydrogen-bond donors (Lipinski definition) is 2. The van der Waals surface area contributed by atoms with Gasteiger partial charge in [0.25, 0.3) is 0 Å². The van der Waals surface area contributed by atoms with Gasteiger partial charge in [-0.15, -0.1) is 0 Å². The number of allylic oxidation sites excluding steroid dienone is 1. The highest BCUT2D eigenvalue weighted by Crippen LogP contribution is 2.30. The third kappa shape index (κ3) is 2.25. The lowest BCUT2D eigenvalue weighted by molar-refractivity contribution is 0.318. The Labute approximate surface area is 85.7 Å². The Balaban J connectivity index is 1.94. The maximum atomic E-state index is 8.99. The zero-order valence-electron chi connectivity index (χ0n) is 8.63. The Hall–Kier alpha value is -0.600. The molecule has 0 bridgehead atoms. The summed E-state index contributed by atoms with van der Waals surface area (Å²) in [5.41, 5.74) is 2.87. The van der Waals surface area contributed by atoms with Crippen molar-refractivity contribution in [2.45, 2.75) is 25.7 Å². The molecule has 1 unspecified atom stereocenters. The quantitative estimate of drug-likeness (QED) is 0.653. The standard InChI is InChI=1S/C12H19NO/c14-9-10-1-3-11(4-2-10)12-5-7-13-8-6-12/h1,5,11,13-14H,2-4,6-9H2. The highest BCUT2D eigenvalue weighted by molar-refractivity contribution is 5.17. The lowest BCUT2D eigenvalue weighted by atomic mass is 9.82. The fourth-order valence-electron chi connectivity index (χ4n) is 2.38. The van der Waals surface area contributed by atoms with Crippen molar-refractivity contribution in [2.24, 2.45) is 5.92 Å². The zero-order valence-corrected chi connectivity index (χ0v) is 8.63. The lowest BCUT2D eigenvalue weighted by Crippen LogP contribution is -2.24. The summed E-state index contributed by atoms with van der Waals surface area (Å²) in [6.07, 6.45) is 9.27. The van der Waals surface area contributed by atoms with E-state index in [1.165, 1.54) is 18.4 Å². The van der Waals surface area contributed by atoms with Crippen molar-refractivity contribution < 1.29 is 5.11 Å². The van der Waals surface area contributed by atoms with Crippen LogP contribution in [-0.2, 0) is 0 Å². The molecule has 0 aromatic rings. The molecule has 0 aromatic carbocycles. The molecule has 0 saturated carbocycles. The average Bonchev–Trinajstić information content (AvgIpc) is 2.30. The topological polar surface area (TPSA) is 32.3 Å². The minimum Gasteiger partial charge on any atom is -0.392 e. The molecule has 14 heavy (non-hydrogen) atoms. The van der Waals surface area contributed by atoms with E-state index >= 15 is 0 Å². The van der Waals surface area contributed by atoms with E-state index in [2.05, 4.69) is 17.5 Å². The largest absolute Gasteiger partial charge is 0.392 e. The van der Waals surface area contributed by atoms with Gasteiger partial charge >= 0.3 is 0 Å². The molecule has 2 aliphatic rings. The van der Waals surface area contributed by atoms with Crippen LogP contribution in [0.1, 0.15) is 25.7 Å². The molecular weight excluding hydrogens is 174 g/mol. The average molecular weight is 193 g/mol. The van der Waals surface area contributed by atoms with Crippen LogP contribution in [0.4, 0.5) is 0 Å². The number of aliphatic hydroxyl groups is 1. The molecule has 1 heterocycles. The second kappa shape index (κ2) is 4.76. The highest BCUT2D eigenvalue weighted by Gasteiger charge is 2.18. The van der Waals surface area contributed by atoms with Crippen molar-refractivity contribution in [2.75, 3.05) is 19.7 Å². The highest BCUT2D eigenvalue weighted by atomic mass is 16.3. The molecule has 2 N–H and O–H groups in total. The van der Waals surface area contributed by atoms with Gasteiger partial charge in [-0.2, -0.15) is 0 Å². The van der Waals surface area contributed by atoms with Crippen molar-refractivity contribution in [3.63, 3.8) is 0 Å². The van der Waals surface area contributed by atoms with Gasteiger partial charge in [0.1, 0.15) is 0 Å². The van der Waals surface area contributed by atoms with Crippen molar-refractivity contribution in [1.29, 1.82) is 0 Å². The Morgan fingerprint density at radius 2 is 2.29 bits per heavy atom. The third-order valence-electron chi connectivity index (χ3n) is 3.33. The first kappa shape index (κ1) is 9.94. The van der Waals surface area contributed by atoms with E-state index in [0.29, 0.717) is 0 Å². The van der Waals surface area contributed by atoms with Crippen molar-refractivity contribution in [3.8, 4) is 0 Å². The van der Waals surface area contributed by atoms with Crippen LogP contribution in [0.3, 0.4) is 0 Å². The predicted molar refractivity (Wildman–Crippen MR) is 58.1 cm³/mol. The van der Waals surface area contributed by atoms with Gasteiger partial charge in [0.2, 0.25) is 0 Å². The van der Waals surface area contributed by atoms with Crippen LogP contribution >= 0.6 is 0 Å². The smallest absolute Gasteiger partial charge is 0.0641 e. The summed E-state index contributed by atoms with van der Waals surface area (Å²) in [4.78, 5) is 0. The fourth-order valence-corrected chi connectivity index (χ4v) is 2.38. The van der Waals surface area contributed by atoms with E-state index in [9.17, 15) is 0 Å². The number of nitrogens with one attached hydrogen (secondary N) is 1. The summed E-state index contributed by atoms with van der Waals surface area (Å²) < 4.78 is 0. The van der Waals surface area contributed by atoms with Crippen LogP contribution in [0.25, 0.3) is 0 Å². The third-order valence-corrected chi connectivity index (χ3v) is 3.33. The molecule has 0 amide bonds. The molecule has 2 heteroatoms. The van der Waals surface area contributed by atoms with Crippen molar-refractivity contribution >= 4 is 0 Å². The summed E-state index contributed by atoms with van der Waals surface area (Å²) in [6, 6.07) is 0. The van der Waals surface area contributed by atoms with E-state index in [-0.39, 0.29) is 6.61 Å². The first-order valence-electron chi connectivity index (χ1n) is 5.58. The molecule has 2 nitrogen and oxygen atoms in total. The minimum atomic E-state index is 0.257. The van der Waals surface area contributed by atoms with Gasteiger partial charge in [-0.25, -0.2) is 0 Å². The van der Waals surface area contributed by atoms with Gasteiger partial charge in [-0.1, -0.05) is 17.7 Å². The SMILES string of the molecule is OCC1=CCC(C2=CCNCC2)CC1. The van der Waals surface area contributed by atoms with Gasteiger partial charge in [0, 0.05) is 6.54 Å². The Morgan fingerprint density at radius 1 is 1.36 bits per heavy atom. The van der Waals surface area contributed by atoms with Crippen LogP contribution in [0.15, 0.2) is 23.3 Å². The fraction of sp³-hybridized carbons (Fsp3) is 0.667. The maximum Gasteiger partial charge on any atom is 0.0641 e. The second-order valence-electron chi connectivity index (χ2n) is 4.22. The van der Waals surface area contributed by atoms with Crippen molar-refractivity contribution in [3.05, 3.63) is 23.3 Å². The summed E-state index contributed by atoms with van der Waals surface area (Å²) in [6.45, 7) is 2.44. The number of aliphatic hydroxyl groups excluding tert-OH is 1. The molecule has 1 aliphatic heterocycles. The summed E-state index contributed by atoms with van der Waals surface area (Å²) in [5.74, 6) is 0.757. The van der Waals surface area contributed by atoms with Gasteiger partial charge in [0.05, 0.1) is 6.61 Å². The van der Waals surface area contributed by atoms with Gasteiger partial charge < -0.3 is 10.4 Å². The summed E-state index contributed by atoms with van der Waals surface area (Å²) in [7, 11) is 0. The zero-order chi connectivity index (χ0) is 9.80. The van der Waals surface area contributed by atoms with E-state index in [1.807, 2.05) is 0 Å². The molecule has 0 fully saturated rings. The van der Waals surface area contributed by atoms with E-state index in [4.69, 9.17) is 5.11 Å². The predicted octanol–water partition coefficient (Wildman–Crippen LogP) is 1.62. The van der Waals surface area contributed by atoms with Crippen LogP contribution in [0, 0.1) is 5.92 Å². The summed E-state index contributed by atoms with van der Waals surface area (Å²) >= 11 is 0. The first-order chi connectivity index (χ1) is 6.90. The van der Waals surface area contributed by atoms with Crippen molar-refractivity contribution in [1.82, 2.24) is 5.32 Å². The van der Waals surface area contributed by atoms with Crippen LogP contribution in [0.5, 0.6) is 0 Å². The van der Waals surface area contributed by atoms with Gasteiger partial charge in [0.15, 0.2) is 0 Å². The maximum absolute atomic E-state index is 8.99. The van der Waals surface area contributed by atoms with E-state index in [0.717, 1.165) is 31.8 Å². The Bertz CT molecular complexity index is 255. The molecule has 2 rings (SSSR count). The minimum absolute atomic E-state index is 0.257. The summed E-state index contributed by atoms with van der Waals surface area (Å²) in [5, 5.41) is 12.3. The van der Waals surface area contributed by atoms with Gasteiger partial charge in [-0.05, 0) is 43.7 Å². The van der Waals surface area contributed by atoms with Crippen LogP contribution in [-0.4, -0.2) is 24.8 Å². The normalized spacial score (nSPS) is 28.2. The van der Waals surface area contributed by atoms with Crippen LogP contribution < -0.4 is 5.32 Å². The van der Waals surface area contributed by atoms with E-state index in [1.54, 1.807) is 5.57 Å². The molecule has 1 atom stereocenters. The molecule has 0 saturated heterocycles. The molecule has 0 aromatic heterocycles.